The molecule has 1 heterocycles. The summed E-state index contributed by atoms with van der Waals surface area (Å²) in [5, 5.41) is 5.39. The molecule has 35 heavy (non-hydrogen) atoms. The lowest BCUT2D eigenvalue weighted by molar-refractivity contribution is -0.114. The topological polar surface area (TPSA) is 95.6 Å². The second-order valence-corrected chi connectivity index (χ2v) is 10.4. The van der Waals surface area contributed by atoms with Crippen LogP contribution in [0.15, 0.2) is 84.3 Å². The van der Waals surface area contributed by atoms with Gasteiger partial charge in [0.05, 0.1) is 21.8 Å². The molecule has 7 nitrogen and oxygen atoms in total. The molecule has 0 atom stereocenters. The number of carbonyl (C=O) groups excluding carboxylic acids is 2. The minimum Gasteiger partial charge on any atom is -0.349 e. The van der Waals surface area contributed by atoms with E-state index in [1.807, 2.05) is 12.1 Å². The molecule has 0 fully saturated rings. The van der Waals surface area contributed by atoms with Crippen LogP contribution < -0.4 is 14.9 Å². The van der Waals surface area contributed by atoms with Crippen molar-refractivity contribution in [2.45, 2.75) is 24.7 Å². The van der Waals surface area contributed by atoms with E-state index < -0.39 is 22.5 Å². The van der Waals surface area contributed by atoms with Gasteiger partial charge in [-0.25, -0.2) is 8.42 Å². The highest BCUT2D eigenvalue weighted by molar-refractivity contribution is 7.93. The average molecular weight is 490 g/mol. The normalized spacial score (nSPS) is 13.5. The van der Waals surface area contributed by atoms with Crippen molar-refractivity contribution in [3.8, 4) is 11.1 Å². The zero-order chi connectivity index (χ0) is 25.2. The highest BCUT2D eigenvalue weighted by Crippen LogP contribution is 2.44. The maximum atomic E-state index is 13.5. The Balaban J connectivity index is 1.68. The monoisotopic (exact) mass is 489 g/mol. The first kappa shape index (κ1) is 24.2. The van der Waals surface area contributed by atoms with Crippen LogP contribution in [0.1, 0.15) is 35.7 Å². The smallest absolute Gasteiger partial charge is 0.265 e. The highest BCUT2D eigenvalue weighted by atomic mass is 32.2. The first-order valence-electron chi connectivity index (χ1n) is 11.3. The van der Waals surface area contributed by atoms with Crippen molar-refractivity contribution < 1.29 is 18.0 Å². The van der Waals surface area contributed by atoms with Crippen LogP contribution in [0.4, 0.5) is 11.4 Å². The molecular weight excluding hydrogens is 462 g/mol. The van der Waals surface area contributed by atoms with Crippen LogP contribution >= 0.6 is 0 Å². The molecule has 1 aliphatic rings. The van der Waals surface area contributed by atoms with Crippen LogP contribution in [-0.4, -0.2) is 33.3 Å². The Hall–Kier alpha value is -3.91. The summed E-state index contributed by atoms with van der Waals surface area (Å²) in [5.41, 5.74) is 3.47. The third kappa shape index (κ3) is 4.70. The number of amides is 2. The molecule has 4 rings (SSSR count). The number of para-hydroxylation sites is 1. The van der Waals surface area contributed by atoms with Gasteiger partial charge in [0.25, 0.3) is 15.9 Å². The highest BCUT2D eigenvalue weighted by Gasteiger charge is 2.36. The number of hydrogen-bond donors (Lipinski definition) is 2. The van der Waals surface area contributed by atoms with Crippen molar-refractivity contribution in [3.05, 3.63) is 90.5 Å². The molecule has 0 aromatic heterocycles. The molecular formula is C27H27N3O4S. The van der Waals surface area contributed by atoms with Crippen molar-refractivity contribution in [1.82, 2.24) is 5.32 Å². The molecule has 0 saturated carbocycles. The summed E-state index contributed by atoms with van der Waals surface area (Å²) in [5.74, 6) is -0.672. The molecule has 0 radical (unpaired) electrons. The molecule has 8 heteroatoms. The summed E-state index contributed by atoms with van der Waals surface area (Å²) in [6.45, 7) is 7.56. The molecule has 3 aromatic rings. The van der Waals surface area contributed by atoms with Crippen molar-refractivity contribution in [1.29, 1.82) is 0 Å². The SMILES string of the molecule is C=CCNC(=O)c1ccccc1NC(=O)CN1c2ccc(C(C)C)cc2-c2ccccc2S1(=O)=O. The minimum absolute atomic E-state index is 0.158. The Morgan fingerprint density at radius 3 is 2.46 bits per heavy atom. The van der Waals surface area contributed by atoms with Gasteiger partial charge in [-0.1, -0.05) is 56.3 Å². The van der Waals surface area contributed by atoms with E-state index in [2.05, 4.69) is 31.1 Å². The molecule has 0 unspecified atom stereocenters. The van der Waals surface area contributed by atoms with Gasteiger partial charge >= 0.3 is 0 Å². The van der Waals surface area contributed by atoms with E-state index in [1.54, 1.807) is 60.7 Å². The number of benzene rings is 3. The van der Waals surface area contributed by atoms with Crippen molar-refractivity contribution in [3.63, 3.8) is 0 Å². The van der Waals surface area contributed by atoms with Gasteiger partial charge in [0.15, 0.2) is 0 Å². The fraction of sp³-hybridized carbons (Fsp3) is 0.185. The predicted molar refractivity (Wildman–Crippen MR) is 138 cm³/mol. The number of carbonyl (C=O) groups is 2. The van der Waals surface area contributed by atoms with Crippen LogP contribution in [-0.2, 0) is 14.8 Å². The van der Waals surface area contributed by atoms with Crippen molar-refractivity contribution >= 4 is 33.2 Å². The Morgan fingerprint density at radius 2 is 1.71 bits per heavy atom. The zero-order valence-corrected chi connectivity index (χ0v) is 20.4. The van der Waals surface area contributed by atoms with E-state index in [0.717, 1.165) is 15.4 Å². The number of nitrogens with one attached hydrogen (secondary N) is 2. The molecule has 1 aliphatic heterocycles. The number of fused-ring (bicyclic) bond motifs is 3. The van der Waals surface area contributed by atoms with Gasteiger partial charge in [-0.05, 0) is 41.8 Å². The quantitative estimate of drug-likeness (QED) is 0.476. The average Bonchev–Trinajstić information content (AvgIpc) is 2.85. The van der Waals surface area contributed by atoms with Gasteiger partial charge < -0.3 is 10.6 Å². The molecule has 0 spiro atoms. The number of hydrogen-bond acceptors (Lipinski definition) is 4. The van der Waals surface area contributed by atoms with E-state index in [-0.39, 0.29) is 28.8 Å². The fourth-order valence-corrected chi connectivity index (χ4v) is 5.70. The Morgan fingerprint density at radius 1 is 1.00 bits per heavy atom. The van der Waals surface area contributed by atoms with Gasteiger partial charge in [-0.3, -0.25) is 13.9 Å². The molecule has 3 aromatic carbocycles. The van der Waals surface area contributed by atoms with E-state index in [1.165, 1.54) is 0 Å². The summed E-state index contributed by atoms with van der Waals surface area (Å²) in [6, 6.07) is 19.0. The summed E-state index contributed by atoms with van der Waals surface area (Å²) in [7, 11) is -3.97. The third-order valence-corrected chi connectivity index (χ3v) is 7.66. The van der Waals surface area contributed by atoms with Crippen LogP contribution in [0.25, 0.3) is 11.1 Å². The Labute approximate surface area is 205 Å². The third-order valence-electron chi connectivity index (χ3n) is 5.84. The van der Waals surface area contributed by atoms with Gasteiger partial charge in [0, 0.05) is 17.7 Å². The second-order valence-electron chi connectivity index (χ2n) is 8.53. The Kier molecular flexibility index (Phi) is 6.75. The molecule has 2 N–H and O–H groups in total. The van der Waals surface area contributed by atoms with Crippen LogP contribution in [0, 0.1) is 0 Å². The van der Waals surface area contributed by atoms with Crippen LogP contribution in [0.3, 0.4) is 0 Å². The minimum atomic E-state index is -3.97. The summed E-state index contributed by atoms with van der Waals surface area (Å²) in [4.78, 5) is 25.7. The maximum absolute atomic E-state index is 13.5. The molecule has 0 saturated heterocycles. The first-order valence-corrected chi connectivity index (χ1v) is 12.7. The lowest BCUT2D eigenvalue weighted by atomic mass is 9.95. The van der Waals surface area contributed by atoms with Crippen molar-refractivity contribution in [2.24, 2.45) is 0 Å². The van der Waals surface area contributed by atoms with Crippen LogP contribution in [0.5, 0.6) is 0 Å². The van der Waals surface area contributed by atoms with Gasteiger partial charge in [-0.2, -0.15) is 0 Å². The lowest BCUT2D eigenvalue weighted by Gasteiger charge is -2.32. The Bertz CT molecular complexity index is 1410. The van der Waals surface area contributed by atoms with Gasteiger partial charge in [0.1, 0.15) is 6.54 Å². The molecule has 0 bridgehead atoms. The van der Waals surface area contributed by atoms with E-state index in [0.29, 0.717) is 16.9 Å². The standard InChI is InChI=1S/C27H27N3O4S/c1-4-15-28-27(32)21-10-5-7-11-23(21)29-26(31)17-30-24-14-13-19(18(2)3)16-22(24)20-9-6-8-12-25(20)35(30,33)34/h4-14,16,18H,1,15,17H2,2-3H3,(H,28,32)(H,29,31). The lowest BCUT2D eigenvalue weighted by Crippen LogP contribution is -2.40. The van der Waals surface area contributed by atoms with Crippen LogP contribution in [0.2, 0.25) is 0 Å². The fourth-order valence-electron chi connectivity index (χ4n) is 4.05. The van der Waals surface area contributed by atoms with Gasteiger partial charge in [-0.15, -0.1) is 6.58 Å². The first-order chi connectivity index (χ1) is 16.7. The summed E-state index contributed by atoms with van der Waals surface area (Å²) >= 11 is 0. The van der Waals surface area contributed by atoms with E-state index in [9.17, 15) is 18.0 Å². The van der Waals surface area contributed by atoms with Crippen molar-refractivity contribution in [2.75, 3.05) is 22.7 Å². The zero-order valence-electron chi connectivity index (χ0n) is 19.6. The molecule has 0 aliphatic carbocycles. The number of nitrogens with zero attached hydrogens (tertiary/aromatic N) is 1. The summed E-state index contributed by atoms with van der Waals surface area (Å²) in [6.07, 6.45) is 1.56. The molecule has 2 amide bonds. The van der Waals surface area contributed by atoms with E-state index in [4.69, 9.17) is 0 Å². The second kappa shape index (κ2) is 9.76. The van der Waals surface area contributed by atoms with E-state index >= 15 is 0 Å². The summed E-state index contributed by atoms with van der Waals surface area (Å²) < 4.78 is 28.2. The number of rotatable bonds is 7. The largest absolute Gasteiger partial charge is 0.349 e. The maximum Gasteiger partial charge on any atom is 0.265 e. The predicted octanol–water partition coefficient (Wildman–Crippen LogP) is 4.54. The number of sulfonamides is 1. The number of anilines is 2. The van der Waals surface area contributed by atoms with Gasteiger partial charge in [0.2, 0.25) is 5.91 Å². The molecule has 180 valence electrons.